The fourth-order valence-corrected chi connectivity index (χ4v) is 1.79. The molecule has 0 aromatic heterocycles. The van der Waals surface area contributed by atoms with E-state index in [1.807, 2.05) is 0 Å². The summed E-state index contributed by atoms with van der Waals surface area (Å²) in [5.74, 6) is 0. The molecule has 0 spiro atoms. The Kier molecular flexibility index (Phi) is 6.00. The molecule has 1 nitrogen and oxygen atoms in total. The van der Waals surface area contributed by atoms with Gasteiger partial charge in [-0.2, -0.15) is 0 Å². The van der Waals surface area contributed by atoms with E-state index in [0.717, 1.165) is 6.54 Å². The van der Waals surface area contributed by atoms with E-state index in [0.29, 0.717) is 11.5 Å². The number of nitrogens with zero attached hydrogens (tertiary/aromatic N) is 1. The summed E-state index contributed by atoms with van der Waals surface area (Å²) in [6, 6.07) is 0.576. The summed E-state index contributed by atoms with van der Waals surface area (Å²) in [7, 11) is 0. The maximum atomic E-state index is 4.04. The molecule has 0 N–H and O–H groups in total. The van der Waals surface area contributed by atoms with Crippen LogP contribution < -0.4 is 0 Å². The van der Waals surface area contributed by atoms with E-state index in [1.54, 1.807) is 0 Å². The fraction of sp³-hybridized carbons (Fsp3) is 0.857. The van der Waals surface area contributed by atoms with Crippen LogP contribution in [-0.2, 0) is 0 Å². The number of allylic oxidation sites excluding steroid dienone is 1. The van der Waals surface area contributed by atoms with Gasteiger partial charge < -0.3 is 4.90 Å². The smallest absolute Gasteiger partial charge is 0.0230 e. The van der Waals surface area contributed by atoms with E-state index in [2.05, 4.69) is 53.0 Å². The van der Waals surface area contributed by atoms with Crippen LogP contribution in [0.4, 0.5) is 0 Å². The molecule has 0 fully saturated rings. The summed E-state index contributed by atoms with van der Waals surface area (Å²) in [5, 5.41) is 0. The second-order valence-electron chi connectivity index (χ2n) is 5.64. The van der Waals surface area contributed by atoms with E-state index < -0.39 is 0 Å². The Hall–Kier alpha value is -0.460. The molecule has 0 aliphatic rings. The molecular formula is C14H29N. The van der Waals surface area contributed by atoms with Gasteiger partial charge in [0, 0.05) is 18.3 Å². The minimum Gasteiger partial charge on any atom is -0.373 e. The Morgan fingerprint density at radius 2 is 1.87 bits per heavy atom. The molecule has 0 bridgehead atoms. The summed E-state index contributed by atoms with van der Waals surface area (Å²) >= 11 is 0. The highest BCUT2D eigenvalue weighted by molar-refractivity contribution is 4.90. The van der Waals surface area contributed by atoms with Gasteiger partial charge in [0.15, 0.2) is 0 Å². The average molecular weight is 211 g/mol. The second kappa shape index (κ2) is 6.19. The normalized spacial score (nSPS) is 11.9. The van der Waals surface area contributed by atoms with E-state index in [4.69, 9.17) is 0 Å². The van der Waals surface area contributed by atoms with Gasteiger partial charge >= 0.3 is 0 Å². The topological polar surface area (TPSA) is 3.24 Å². The third-order valence-electron chi connectivity index (χ3n) is 3.32. The molecule has 90 valence electrons. The van der Waals surface area contributed by atoms with E-state index in [-0.39, 0.29) is 0 Å². The molecule has 0 aromatic rings. The zero-order chi connectivity index (χ0) is 12.1. The van der Waals surface area contributed by atoms with Crippen LogP contribution in [0.25, 0.3) is 0 Å². The van der Waals surface area contributed by atoms with Crippen LogP contribution in [0.5, 0.6) is 0 Å². The van der Waals surface area contributed by atoms with Gasteiger partial charge in [0.05, 0.1) is 0 Å². The third kappa shape index (κ3) is 5.86. The molecule has 0 aliphatic heterocycles. The summed E-state index contributed by atoms with van der Waals surface area (Å²) in [6.07, 6.45) is 3.84. The van der Waals surface area contributed by atoms with Crippen molar-refractivity contribution in [2.24, 2.45) is 5.41 Å². The average Bonchev–Trinajstić information content (AvgIpc) is 2.11. The fourth-order valence-electron chi connectivity index (χ4n) is 1.79. The van der Waals surface area contributed by atoms with Crippen LogP contribution in [-0.4, -0.2) is 17.5 Å². The Balaban J connectivity index is 3.97. The summed E-state index contributed by atoms with van der Waals surface area (Å²) in [5.41, 5.74) is 1.69. The molecule has 15 heavy (non-hydrogen) atoms. The lowest BCUT2D eigenvalue weighted by molar-refractivity contribution is 0.244. The molecule has 0 heterocycles. The molecule has 0 atom stereocenters. The van der Waals surface area contributed by atoms with Crippen molar-refractivity contribution in [3.8, 4) is 0 Å². The predicted octanol–water partition coefficient (Wildman–Crippen LogP) is 4.45. The molecule has 0 radical (unpaired) electrons. The molecule has 0 saturated heterocycles. The molecule has 0 unspecified atom stereocenters. The minimum absolute atomic E-state index is 0.498. The van der Waals surface area contributed by atoms with Crippen molar-refractivity contribution in [2.45, 2.75) is 66.8 Å². The molecule has 0 saturated carbocycles. The van der Waals surface area contributed by atoms with Gasteiger partial charge in [0.2, 0.25) is 0 Å². The Morgan fingerprint density at radius 3 is 2.20 bits per heavy atom. The van der Waals surface area contributed by atoms with Crippen LogP contribution in [0.1, 0.15) is 60.8 Å². The van der Waals surface area contributed by atoms with Gasteiger partial charge in [-0.05, 0) is 39.0 Å². The van der Waals surface area contributed by atoms with Crippen molar-refractivity contribution < 1.29 is 0 Å². The quantitative estimate of drug-likeness (QED) is 0.601. The van der Waals surface area contributed by atoms with Crippen LogP contribution in [0.3, 0.4) is 0 Å². The summed E-state index contributed by atoms with van der Waals surface area (Å²) in [6.45, 7) is 18.7. The van der Waals surface area contributed by atoms with Crippen molar-refractivity contribution in [1.82, 2.24) is 4.90 Å². The van der Waals surface area contributed by atoms with Crippen molar-refractivity contribution in [2.75, 3.05) is 6.54 Å². The maximum absolute atomic E-state index is 4.04. The first kappa shape index (κ1) is 14.5. The predicted molar refractivity (Wildman–Crippen MR) is 70.0 cm³/mol. The van der Waals surface area contributed by atoms with Gasteiger partial charge in [-0.25, -0.2) is 0 Å². The lowest BCUT2D eigenvalue weighted by Crippen LogP contribution is -2.30. The highest BCUT2D eigenvalue weighted by atomic mass is 15.1. The number of hydrogen-bond acceptors (Lipinski definition) is 1. The van der Waals surface area contributed by atoms with Gasteiger partial charge in [0.1, 0.15) is 0 Å². The van der Waals surface area contributed by atoms with Gasteiger partial charge in [-0.3, -0.25) is 0 Å². The van der Waals surface area contributed by atoms with Crippen LogP contribution >= 0.6 is 0 Å². The van der Waals surface area contributed by atoms with E-state index in [9.17, 15) is 0 Å². The lowest BCUT2D eigenvalue weighted by Gasteiger charge is -2.31. The van der Waals surface area contributed by atoms with Gasteiger partial charge in [-0.1, -0.05) is 33.8 Å². The van der Waals surface area contributed by atoms with Crippen molar-refractivity contribution in [3.63, 3.8) is 0 Å². The number of rotatable bonds is 7. The SMILES string of the molecule is C=C(C)N(CCCC(C)(C)CC)C(C)C. The van der Waals surface area contributed by atoms with Crippen molar-refractivity contribution in [1.29, 1.82) is 0 Å². The third-order valence-corrected chi connectivity index (χ3v) is 3.32. The molecule has 0 rings (SSSR count). The Morgan fingerprint density at radius 1 is 1.33 bits per heavy atom. The summed E-state index contributed by atoms with van der Waals surface area (Å²) < 4.78 is 0. The van der Waals surface area contributed by atoms with E-state index in [1.165, 1.54) is 25.0 Å². The van der Waals surface area contributed by atoms with Crippen LogP contribution in [0.15, 0.2) is 12.3 Å². The lowest BCUT2D eigenvalue weighted by atomic mass is 9.85. The standard InChI is InChI=1S/C14H29N/c1-8-14(6,7)10-9-11-15(12(2)3)13(4)5/h13H,2,8-11H2,1,3-7H3. The van der Waals surface area contributed by atoms with E-state index >= 15 is 0 Å². The number of hydrogen-bond donors (Lipinski definition) is 0. The highest BCUT2D eigenvalue weighted by Crippen LogP contribution is 2.26. The Labute approximate surface area is 96.6 Å². The maximum Gasteiger partial charge on any atom is 0.0230 e. The molecular weight excluding hydrogens is 182 g/mol. The summed E-state index contributed by atoms with van der Waals surface area (Å²) in [4.78, 5) is 2.39. The van der Waals surface area contributed by atoms with Crippen molar-refractivity contribution in [3.05, 3.63) is 12.3 Å². The minimum atomic E-state index is 0.498. The monoisotopic (exact) mass is 211 g/mol. The molecule has 0 aromatic carbocycles. The van der Waals surface area contributed by atoms with Crippen LogP contribution in [0, 0.1) is 5.41 Å². The first-order valence-corrected chi connectivity index (χ1v) is 6.22. The first-order chi connectivity index (χ1) is 6.80. The van der Waals surface area contributed by atoms with Crippen molar-refractivity contribution >= 4 is 0 Å². The Bertz CT molecular complexity index is 192. The first-order valence-electron chi connectivity index (χ1n) is 6.22. The van der Waals surface area contributed by atoms with Gasteiger partial charge in [-0.15, -0.1) is 0 Å². The van der Waals surface area contributed by atoms with Crippen LogP contribution in [0.2, 0.25) is 0 Å². The largest absolute Gasteiger partial charge is 0.373 e. The zero-order valence-electron chi connectivity index (χ0n) is 11.6. The highest BCUT2D eigenvalue weighted by Gasteiger charge is 2.15. The van der Waals surface area contributed by atoms with Gasteiger partial charge in [0.25, 0.3) is 0 Å². The second-order valence-corrected chi connectivity index (χ2v) is 5.64. The molecule has 1 heteroatoms. The molecule has 0 amide bonds. The zero-order valence-corrected chi connectivity index (χ0v) is 11.6. The molecule has 0 aliphatic carbocycles.